The van der Waals surface area contributed by atoms with Gasteiger partial charge in [0.05, 0.1) is 21.9 Å². The SMILES string of the molecule is CC(C)(C)C(=O)OC1C(C)(C)CC(NCCCCCCNC2CC(C)(C)N(OC(=O)C(C)(C)C)C(C)(C)C2)CC1(C)C. The second-order valence-corrected chi connectivity index (χ2v) is 18.1. The summed E-state index contributed by atoms with van der Waals surface area (Å²) in [6.45, 7) is 31.3. The topological polar surface area (TPSA) is 79.9 Å². The van der Waals surface area contributed by atoms with Gasteiger partial charge in [-0.2, -0.15) is 0 Å². The van der Waals surface area contributed by atoms with Gasteiger partial charge < -0.3 is 20.2 Å². The first-order valence-corrected chi connectivity index (χ1v) is 16.6. The Kier molecular flexibility index (Phi) is 11.8. The molecule has 2 aliphatic rings. The first-order valence-electron chi connectivity index (χ1n) is 16.6. The zero-order chi connectivity index (χ0) is 32.4. The zero-order valence-corrected chi connectivity index (χ0v) is 29.9. The molecule has 0 spiro atoms. The Morgan fingerprint density at radius 3 is 1.40 bits per heavy atom. The molecule has 2 N–H and O–H groups in total. The second kappa shape index (κ2) is 13.4. The lowest BCUT2D eigenvalue weighted by Gasteiger charge is -2.53. The molecule has 0 aromatic heterocycles. The fourth-order valence-electron chi connectivity index (χ4n) is 7.45. The second-order valence-electron chi connectivity index (χ2n) is 18.1. The van der Waals surface area contributed by atoms with Gasteiger partial charge in [-0.1, -0.05) is 40.5 Å². The van der Waals surface area contributed by atoms with Crippen molar-refractivity contribution in [2.75, 3.05) is 13.1 Å². The average molecular weight is 594 g/mol. The van der Waals surface area contributed by atoms with E-state index in [-0.39, 0.29) is 40.0 Å². The minimum Gasteiger partial charge on any atom is -0.461 e. The maximum atomic E-state index is 12.7. The molecule has 0 unspecified atom stereocenters. The summed E-state index contributed by atoms with van der Waals surface area (Å²) >= 11 is 0. The third kappa shape index (κ3) is 10.2. The van der Waals surface area contributed by atoms with Gasteiger partial charge in [-0.05, 0) is 121 Å². The molecule has 1 saturated heterocycles. The van der Waals surface area contributed by atoms with Crippen LogP contribution in [0.3, 0.4) is 0 Å². The molecule has 0 atom stereocenters. The van der Waals surface area contributed by atoms with E-state index in [1.165, 1.54) is 25.7 Å². The van der Waals surface area contributed by atoms with Gasteiger partial charge in [0.25, 0.3) is 0 Å². The largest absolute Gasteiger partial charge is 0.461 e. The molecule has 0 bridgehead atoms. The fourth-order valence-corrected chi connectivity index (χ4v) is 7.45. The Hall–Kier alpha value is -1.18. The highest BCUT2D eigenvalue weighted by Gasteiger charge is 2.51. The van der Waals surface area contributed by atoms with Crippen LogP contribution in [0.2, 0.25) is 0 Å². The number of esters is 1. The Labute approximate surface area is 258 Å². The first kappa shape index (κ1) is 37.0. The van der Waals surface area contributed by atoms with Gasteiger partial charge in [0.15, 0.2) is 0 Å². The number of hydroxylamine groups is 2. The van der Waals surface area contributed by atoms with Crippen LogP contribution in [0.4, 0.5) is 0 Å². The van der Waals surface area contributed by atoms with Crippen LogP contribution in [0.25, 0.3) is 0 Å². The molecule has 0 radical (unpaired) electrons. The lowest BCUT2D eigenvalue weighted by atomic mass is 9.61. The summed E-state index contributed by atoms with van der Waals surface area (Å²) in [6.07, 6.45) is 8.64. The standard InChI is InChI=1S/C35H67N3O4/c1-30(2,3)28(39)41-27-32(7,8)21-25(22-33(27,9)10)36-19-17-15-16-18-20-37-26-23-34(11,12)38(35(13,14)24-26)42-29(40)31(4,5)6/h25-27,36-37H,15-24H2,1-14H3. The predicted octanol–water partition coefficient (Wildman–Crippen LogP) is 7.42. The number of carbonyl (C=O) groups is 2. The van der Waals surface area contributed by atoms with Crippen LogP contribution in [-0.4, -0.2) is 59.4 Å². The van der Waals surface area contributed by atoms with Gasteiger partial charge in [-0.25, -0.2) is 4.79 Å². The van der Waals surface area contributed by atoms with Crippen molar-refractivity contribution >= 4 is 11.9 Å². The lowest BCUT2D eigenvalue weighted by Crippen LogP contribution is -2.64. The summed E-state index contributed by atoms with van der Waals surface area (Å²) in [7, 11) is 0. The van der Waals surface area contributed by atoms with Crippen molar-refractivity contribution in [1.82, 2.24) is 15.7 Å². The van der Waals surface area contributed by atoms with Gasteiger partial charge in [0, 0.05) is 22.9 Å². The highest BCUT2D eigenvalue weighted by molar-refractivity contribution is 5.76. The van der Waals surface area contributed by atoms with Gasteiger partial charge in [0.2, 0.25) is 0 Å². The van der Waals surface area contributed by atoms with Crippen molar-refractivity contribution in [2.24, 2.45) is 21.7 Å². The van der Waals surface area contributed by atoms with Crippen molar-refractivity contribution in [3.05, 3.63) is 0 Å². The van der Waals surface area contributed by atoms with Crippen molar-refractivity contribution in [2.45, 2.75) is 178 Å². The fraction of sp³-hybridized carbons (Fsp3) is 0.943. The van der Waals surface area contributed by atoms with E-state index in [0.29, 0.717) is 12.1 Å². The summed E-state index contributed by atoms with van der Waals surface area (Å²) in [4.78, 5) is 31.3. The summed E-state index contributed by atoms with van der Waals surface area (Å²) < 4.78 is 6.12. The molecular formula is C35H67N3O4. The highest BCUT2D eigenvalue weighted by Crippen LogP contribution is 2.48. The first-order chi connectivity index (χ1) is 18.9. The van der Waals surface area contributed by atoms with Crippen LogP contribution >= 0.6 is 0 Å². The number of nitrogens with one attached hydrogen (secondary N) is 2. The minimum atomic E-state index is -0.522. The van der Waals surface area contributed by atoms with Crippen LogP contribution < -0.4 is 10.6 Å². The molecule has 7 nitrogen and oxygen atoms in total. The number of hydrogen-bond donors (Lipinski definition) is 2. The summed E-state index contributed by atoms with van der Waals surface area (Å²) in [6, 6.07) is 0.854. The Morgan fingerprint density at radius 1 is 0.643 bits per heavy atom. The minimum absolute atomic E-state index is 0.0699. The van der Waals surface area contributed by atoms with Crippen LogP contribution in [0.5, 0.6) is 0 Å². The molecule has 0 amide bonds. The molecule has 7 heteroatoms. The molecule has 42 heavy (non-hydrogen) atoms. The maximum Gasteiger partial charge on any atom is 0.330 e. The van der Waals surface area contributed by atoms with E-state index < -0.39 is 10.8 Å². The molecule has 0 aromatic carbocycles. The quantitative estimate of drug-likeness (QED) is 0.191. The number of unbranched alkanes of at least 4 members (excludes halogenated alkanes) is 3. The maximum absolute atomic E-state index is 12.7. The number of hydrogen-bond acceptors (Lipinski definition) is 7. The summed E-state index contributed by atoms with van der Waals surface area (Å²) in [5.41, 5.74) is -1.61. The molecular weight excluding hydrogens is 526 g/mol. The van der Waals surface area contributed by atoms with Gasteiger partial charge in [-0.15, -0.1) is 5.06 Å². The van der Waals surface area contributed by atoms with Crippen molar-refractivity contribution in [3.8, 4) is 0 Å². The summed E-state index contributed by atoms with van der Waals surface area (Å²) in [5.74, 6) is -0.278. The number of ether oxygens (including phenoxy) is 1. The number of rotatable bonds is 11. The Bertz CT molecular complexity index is 800. The molecule has 1 heterocycles. The van der Waals surface area contributed by atoms with Gasteiger partial charge in [-0.3, -0.25) is 4.79 Å². The molecule has 2 fully saturated rings. The molecule has 0 aromatic rings. The normalized spacial score (nSPS) is 26.0. The van der Waals surface area contributed by atoms with E-state index in [4.69, 9.17) is 9.57 Å². The number of piperidine rings is 1. The third-order valence-electron chi connectivity index (χ3n) is 9.15. The molecule has 2 rings (SSSR count). The zero-order valence-electron chi connectivity index (χ0n) is 29.9. The lowest BCUT2D eigenvalue weighted by molar-refractivity contribution is -0.274. The van der Waals surface area contributed by atoms with E-state index in [2.05, 4.69) is 66.0 Å². The highest BCUT2D eigenvalue weighted by atomic mass is 16.7. The van der Waals surface area contributed by atoms with E-state index in [1.54, 1.807) is 0 Å². The van der Waals surface area contributed by atoms with Crippen LogP contribution in [0.1, 0.15) is 148 Å². The predicted molar refractivity (Wildman–Crippen MR) is 173 cm³/mol. The summed E-state index contributed by atoms with van der Waals surface area (Å²) in [5, 5.41) is 9.58. The van der Waals surface area contributed by atoms with Gasteiger partial charge >= 0.3 is 11.9 Å². The van der Waals surface area contributed by atoms with Crippen molar-refractivity contribution < 1.29 is 19.2 Å². The Morgan fingerprint density at radius 2 is 1.02 bits per heavy atom. The van der Waals surface area contributed by atoms with Crippen LogP contribution in [0, 0.1) is 21.7 Å². The number of nitrogens with zero attached hydrogens (tertiary/aromatic N) is 1. The van der Waals surface area contributed by atoms with Crippen LogP contribution in [0.15, 0.2) is 0 Å². The molecule has 1 aliphatic heterocycles. The Balaban J connectivity index is 1.71. The van der Waals surface area contributed by atoms with E-state index >= 15 is 0 Å². The molecule has 1 saturated carbocycles. The monoisotopic (exact) mass is 594 g/mol. The van der Waals surface area contributed by atoms with Crippen LogP contribution in [-0.2, 0) is 19.2 Å². The number of carbonyl (C=O) groups excluding carboxylic acids is 2. The van der Waals surface area contributed by atoms with Crippen molar-refractivity contribution in [1.29, 1.82) is 0 Å². The van der Waals surface area contributed by atoms with Crippen molar-refractivity contribution in [3.63, 3.8) is 0 Å². The van der Waals surface area contributed by atoms with E-state index in [9.17, 15) is 9.59 Å². The van der Waals surface area contributed by atoms with E-state index in [1.807, 2.05) is 46.6 Å². The molecule has 1 aliphatic carbocycles. The van der Waals surface area contributed by atoms with E-state index in [0.717, 1.165) is 38.8 Å². The third-order valence-corrected chi connectivity index (χ3v) is 9.15. The average Bonchev–Trinajstić information content (AvgIpc) is 2.77. The smallest absolute Gasteiger partial charge is 0.330 e. The van der Waals surface area contributed by atoms with Gasteiger partial charge in [0.1, 0.15) is 6.10 Å². The molecule has 246 valence electrons.